The molecule has 1 rings (SSSR count). The fourth-order valence-electron chi connectivity index (χ4n) is 1.68. The highest BCUT2D eigenvalue weighted by Gasteiger charge is 2.26. The molecule has 7 heteroatoms. The highest BCUT2D eigenvalue weighted by molar-refractivity contribution is 5.76. The minimum atomic E-state index is -0.935. The number of carboxylic acids is 1. The molecule has 0 fully saturated rings. The first kappa shape index (κ1) is 16.0. The summed E-state index contributed by atoms with van der Waals surface area (Å²) >= 11 is 0. The van der Waals surface area contributed by atoms with Crippen LogP contribution in [0.25, 0.3) is 0 Å². The van der Waals surface area contributed by atoms with Crippen molar-refractivity contribution in [3.63, 3.8) is 0 Å². The molecule has 1 heterocycles. The van der Waals surface area contributed by atoms with Gasteiger partial charge in [0.1, 0.15) is 5.76 Å². The topological polar surface area (TPSA) is 95.7 Å². The van der Waals surface area contributed by atoms with Gasteiger partial charge in [-0.15, -0.1) is 0 Å². The first-order chi connectivity index (χ1) is 9.20. The van der Waals surface area contributed by atoms with E-state index in [0.717, 1.165) is 0 Å². The molecule has 0 aromatic carbocycles. The Bertz CT molecular complexity index is 476. The number of nitrogens with zero attached hydrogens (tertiary/aromatic N) is 2. The van der Waals surface area contributed by atoms with Gasteiger partial charge in [0.15, 0.2) is 0 Å². The van der Waals surface area contributed by atoms with Crippen molar-refractivity contribution in [2.24, 2.45) is 0 Å². The molecule has 0 atom stereocenters. The van der Waals surface area contributed by atoms with Crippen molar-refractivity contribution < 1.29 is 19.1 Å². The summed E-state index contributed by atoms with van der Waals surface area (Å²) in [5, 5.41) is 11.4. The maximum atomic E-state index is 12.1. The van der Waals surface area contributed by atoms with E-state index in [1.54, 1.807) is 13.1 Å². The monoisotopic (exact) mass is 283 g/mol. The van der Waals surface area contributed by atoms with Gasteiger partial charge in [0.2, 0.25) is 5.89 Å². The number of hydrogen-bond acceptors (Lipinski definition) is 4. The van der Waals surface area contributed by atoms with Gasteiger partial charge < -0.3 is 19.7 Å². The van der Waals surface area contributed by atoms with Crippen molar-refractivity contribution in [2.75, 3.05) is 6.54 Å². The standard InChI is InChI=1S/C13H21N3O4/c1-9-7-14-10(20-9)8-15-12(19)16(13(2,3)4)6-5-11(17)18/h7H,5-6,8H2,1-4H3,(H,15,19)(H,17,18). The van der Waals surface area contributed by atoms with Crippen molar-refractivity contribution in [2.45, 2.75) is 46.2 Å². The van der Waals surface area contributed by atoms with Crippen LogP contribution in [0.15, 0.2) is 10.6 Å². The maximum absolute atomic E-state index is 12.1. The third kappa shape index (κ3) is 4.91. The number of amides is 2. The second-order valence-corrected chi connectivity index (χ2v) is 5.49. The highest BCUT2D eigenvalue weighted by Crippen LogP contribution is 2.14. The fourth-order valence-corrected chi connectivity index (χ4v) is 1.68. The number of carboxylic acid groups (broad SMARTS) is 1. The van der Waals surface area contributed by atoms with E-state index in [4.69, 9.17) is 9.52 Å². The predicted octanol–water partition coefficient (Wildman–Crippen LogP) is 1.77. The van der Waals surface area contributed by atoms with Crippen molar-refractivity contribution >= 4 is 12.0 Å². The number of urea groups is 1. The Labute approximate surface area is 118 Å². The van der Waals surface area contributed by atoms with Crippen LogP contribution in [-0.4, -0.2) is 39.1 Å². The van der Waals surface area contributed by atoms with Gasteiger partial charge in [0.25, 0.3) is 0 Å². The zero-order chi connectivity index (χ0) is 15.3. The summed E-state index contributed by atoms with van der Waals surface area (Å²) in [5.74, 6) is 0.158. The van der Waals surface area contributed by atoms with Crippen LogP contribution in [0.5, 0.6) is 0 Å². The van der Waals surface area contributed by atoms with Crippen molar-refractivity contribution in [3.8, 4) is 0 Å². The van der Waals surface area contributed by atoms with E-state index in [1.807, 2.05) is 20.8 Å². The summed E-state index contributed by atoms with van der Waals surface area (Å²) in [6.45, 7) is 7.64. The average molecular weight is 283 g/mol. The highest BCUT2D eigenvalue weighted by atomic mass is 16.4. The largest absolute Gasteiger partial charge is 0.481 e. The first-order valence-electron chi connectivity index (χ1n) is 6.38. The number of aryl methyl sites for hydroxylation is 1. The van der Waals surface area contributed by atoms with E-state index in [2.05, 4.69) is 10.3 Å². The van der Waals surface area contributed by atoms with Crippen LogP contribution >= 0.6 is 0 Å². The third-order valence-electron chi connectivity index (χ3n) is 2.66. The first-order valence-corrected chi connectivity index (χ1v) is 6.38. The van der Waals surface area contributed by atoms with Crippen molar-refractivity contribution in [3.05, 3.63) is 17.8 Å². The predicted molar refractivity (Wildman–Crippen MR) is 72.2 cm³/mol. The van der Waals surface area contributed by atoms with Crippen molar-refractivity contribution in [1.29, 1.82) is 0 Å². The van der Waals surface area contributed by atoms with Crippen LogP contribution < -0.4 is 5.32 Å². The lowest BCUT2D eigenvalue weighted by atomic mass is 10.1. The number of nitrogens with one attached hydrogen (secondary N) is 1. The molecule has 0 aliphatic carbocycles. The molecule has 0 unspecified atom stereocenters. The van der Waals surface area contributed by atoms with E-state index in [9.17, 15) is 9.59 Å². The molecule has 0 aliphatic rings. The average Bonchev–Trinajstić information content (AvgIpc) is 2.70. The van der Waals surface area contributed by atoms with E-state index in [-0.39, 0.29) is 25.5 Å². The number of carbonyl (C=O) groups excluding carboxylic acids is 1. The number of hydrogen-bond donors (Lipinski definition) is 2. The van der Waals surface area contributed by atoms with Crippen LogP contribution in [0, 0.1) is 6.92 Å². The molecule has 20 heavy (non-hydrogen) atoms. The van der Waals surface area contributed by atoms with Gasteiger partial charge in [0.05, 0.1) is 19.2 Å². The Morgan fingerprint density at radius 3 is 2.55 bits per heavy atom. The molecule has 2 N–H and O–H groups in total. The molecule has 2 amide bonds. The third-order valence-corrected chi connectivity index (χ3v) is 2.66. The van der Waals surface area contributed by atoms with Crippen LogP contribution in [0.1, 0.15) is 38.8 Å². The summed E-state index contributed by atoms with van der Waals surface area (Å²) in [4.78, 5) is 28.3. The molecule has 0 saturated heterocycles. The Kier molecular flexibility index (Phi) is 5.12. The summed E-state index contributed by atoms with van der Waals surface area (Å²) < 4.78 is 5.26. The van der Waals surface area contributed by atoms with Crippen molar-refractivity contribution in [1.82, 2.24) is 15.2 Å². The SMILES string of the molecule is Cc1cnc(CNC(=O)N(CCC(=O)O)C(C)(C)C)o1. The second-order valence-electron chi connectivity index (χ2n) is 5.49. The maximum Gasteiger partial charge on any atom is 0.318 e. The summed E-state index contributed by atoms with van der Waals surface area (Å²) in [6.07, 6.45) is 1.48. The lowest BCUT2D eigenvalue weighted by molar-refractivity contribution is -0.137. The van der Waals surface area contributed by atoms with Crippen LogP contribution in [0.3, 0.4) is 0 Å². The quantitative estimate of drug-likeness (QED) is 0.858. The Balaban J connectivity index is 2.61. The zero-order valence-corrected chi connectivity index (χ0v) is 12.3. The number of aliphatic carboxylic acids is 1. The molecular formula is C13H21N3O4. The second kappa shape index (κ2) is 6.40. The molecule has 0 saturated carbocycles. The molecule has 0 aliphatic heterocycles. The fraction of sp³-hybridized carbons (Fsp3) is 0.615. The van der Waals surface area contributed by atoms with Gasteiger partial charge in [-0.25, -0.2) is 9.78 Å². The van der Waals surface area contributed by atoms with Gasteiger partial charge in [-0.1, -0.05) is 0 Å². The Morgan fingerprint density at radius 2 is 2.10 bits per heavy atom. The molecule has 112 valence electrons. The van der Waals surface area contributed by atoms with Gasteiger partial charge in [0, 0.05) is 12.1 Å². The summed E-state index contributed by atoms with van der Waals surface area (Å²) in [7, 11) is 0. The van der Waals surface area contributed by atoms with Gasteiger partial charge in [-0.3, -0.25) is 4.79 Å². The Hall–Kier alpha value is -2.05. The lowest BCUT2D eigenvalue weighted by Crippen LogP contribution is -2.51. The normalized spacial score (nSPS) is 11.2. The zero-order valence-electron chi connectivity index (χ0n) is 12.3. The van der Waals surface area contributed by atoms with E-state index in [0.29, 0.717) is 11.7 Å². The number of aromatic nitrogens is 1. The van der Waals surface area contributed by atoms with Gasteiger partial charge in [-0.05, 0) is 27.7 Å². The van der Waals surface area contributed by atoms with Crippen LogP contribution in [0.2, 0.25) is 0 Å². The Morgan fingerprint density at radius 1 is 1.45 bits per heavy atom. The molecular weight excluding hydrogens is 262 g/mol. The molecule has 1 aromatic heterocycles. The molecule has 0 bridgehead atoms. The summed E-state index contributed by atoms with van der Waals surface area (Å²) in [6, 6.07) is -0.338. The van der Waals surface area contributed by atoms with E-state index < -0.39 is 11.5 Å². The lowest BCUT2D eigenvalue weighted by Gasteiger charge is -2.35. The van der Waals surface area contributed by atoms with Gasteiger partial charge >= 0.3 is 12.0 Å². The number of oxazole rings is 1. The van der Waals surface area contributed by atoms with Crippen LogP contribution in [-0.2, 0) is 11.3 Å². The smallest absolute Gasteiger partial charge is 0.318 e. The molecule has 0 spiro atoms. The van der Waals surface area contributed by atoms with Crippen LogP contribution in [0.4, 0.5) is 4.79 Å². The number of carbonyl (C=O) groups is 2. The minimum Gasteiger partial charge on any atom is -0.481 e. The summed E-state index contributed by atoms with van der Waals surface area (Å²) in [5.41, 5.74) is -0.466. The molecule has 1 aromatic rings. The van der Waals surface area contributed by atoms with Gasteiger partial charge in [-0.2, -0.15) is 0 Å². The molecule has 0 radical (unpaired) electrons. The number of rotatable bonds is 5. The minimum absolute atomic E-state index is 0.0944. The molecule has 7 nitrogen and oxygen atoms in total. The van der Waals surface area contributed by atoms with E-state index in [1.165, 1.54) is 4.90 Å². The van der Waals surface area contributed by atoms with E-state index >= 15 is 0 Å².